The lowest BCUT2D eigenvalue weighted by Crippen LogP contribution is -2.39. The zero-order chi connectivity index (χ0) is 24.9. The number of amides is 1. The van der Waals surface area contributed by atoms with Gasteiger partial charge in [-0.2, -0.15) is 26.3 Å². The Balaban J connectivity index is 1.75. The maximum atomic E-state index is 14.3. The molecule has 1 aliphatic heterocycles. The number of halogens is 7. The summed E-state index contributed by atoms with van der Waals surface area (Å²) in [5.74, 6) is 0. The van der Waals surface area contributed by atoms with Crippen LogP contribution in [0.2, 0.25) is 0 Å². The summed E-state index contributed by atoms with van der Waals surface area (Å²) in [5, 5.41) is 12.3. The molecule has 0 saturated carbocycles. The zero-order valence-electron chi connectivity index (χ0n) is 16.8. The molecule has 2 N–H and O–H groups in total. The molecule has 0 bridgehead atoms. The van der Waals surface area contributed by atoms with Crippen LogP contribution in [0.3, 0.4) is 0 Å². The van der Waals surface area contributed by atoms with E-state index in [4.69, 9.17) is 5.11 Å². The number of hydrogen-bond acceptors (Lipinski definition) is 3. The van der Waals surface area contributed by atoms with Gasteiger partial charge in [-0.25, -0.2) is 9.19 Å². The minimum atomic E-state index is -4.90. The van der Waals surface area contributed by atoms with Crippen LogP contribution in [0.4, 0.5) is 36.8 Å². The molecule has 1 amide bonds. The van der Waals surface area contributed by atoms with E-state index < -0.39 is 40.7 Å². The second-order valence-corrected chi connectivity index (χ2v) is 9.51. The van der Waals surface area contributed by atoms with Crippen LogP contribution in [0, 0.1) is 0 Å². The molecule has 12 heteroatoms. The molecule has 1 unspecified atom stereocenters. The van der Waals surface area contributed by atoms with E-state index in [0.717, 1.165) is 12.1 Å². The molecule has 0 fully saturated rings. The maximum absolute atomic E-state index is 14.3. The highest BCUT2D eigenvalue weighted by molar-refractivity contribution is 9.10. The molecule has 0 aliphatic carbocycles. The molecule has 0 spiro atoms. The summed E-state index contributed by atoms with van der Waals surface area (Å²) >= 11 is 3.08. The molecular weight excluding hydrogens is 550 g/mol. The van der Waals surface area contributed by atoms with E-state index in [1.165, 1.54) is 6.07 Å². The largest absolute Gasteiger partial charge is 0.465 e. The lowest BCUT2D eigenvalue weighted by Gasteiger charge is -2.31. The summed E-state index contributed by atoms with van der Waals surface area (Å²) in [6, 6.07) is 11.7. The van der Waals surface area contributed by atoms with Crippen LogP contribution in [0.5, 0.6) is 0 Å². The van der Waals surface area contributed by atoms with Gasteiger partial charge in [0.2, 0.25) is 0 Å². The fourth-order valence-electron chi connectivity index (χ4n) is 3.73. The van der Waals surface area contributed by atoms with Crippen molar-refractivity contribution < 1.29 is 36.2 Å². The van der Waals surface area contributed by atoms with Gasteiger partial charge >= 0.3 is 18.4 Å². The van der Waals surface area contributed by atoms with Crippen LogP contribution in [0.25, 0.3) is 10.8 Å². The number of alkyl halides is 6. The van der Waals surface area contributed by atoms with Crippen molar-refractivity contribution in [2.75, 3.05) is 5.32 Å². The van der Waals surface area contributed by atoms with Crippen molar-refractivity contribution in [1.29, 1.82) is 0 Å². The van der Waals surface area contributed by atoms with Crippen LogP contribution in [0.1, 0.15) is 23.1 Å². The van der Waals surface area contributed by atoms with Crippen LogP contribution < -0.4 is 5.32 Å². The van der Waals surface area contributed by atoms with E-state index in [9.17, 15) is 31.1 Å². The first-order valence-electron chi connectivity index (χ1n) is 9.53. The molecule has 1 atom stereocenters. The second-order valence-electron chi connectivity index (χ2n) is 7.53. The van der Waals surface area contributed by atoms with Gasteiger partial charge in [0.1, 0.15) is 0 Å². The standard InChI is InChI=1S/C22H13BrF6N2O2S/c23-15-8-13(7-14(9-15)21(24,25)26)20(22(27,28)29)10-18(31-34-20)12-4-5-16-11(6-12)2-1-3-17(16)30-19(32)33/h1-9,30H,10H2,(H,32,33). The Bertz CT molecular complexity index is 1320. The first-order valence-corrected chi connectivity index (χ1v) is 11.1. The molecule has 34 heavy (non-hydrogen) atoms. The lowest BCUT2D eigenvalue weighted by atomic mass is 9.88. The van der Waals surface area contributed by atoms with E-state index in [2.05, 4.69) is 25.6 Å². The number of carbonyl (C=O) groups is 1. The summed E-state index contributed by atoms with van der Waals surface area (Å²) in [6.07, 6.45) is -11.7. The van der Waals surface area contributed by atoms with Crippen molar-refractivity contribution in [3.05, 3.63) is 75.8 Å². The van der Waals surface area contributed by atoms with Gasteiger partial charge in [0.15, 0.2) is 4.75 Å². The molecule has 0 aromatic heterocycles. The molecule has 3 aromatic carbocycles. The molecule has 0 radical (unpaired) electrons. The van der Waals surface area contributed by atoms with Gasteiger partial charge in [-0.1, -0.05) is 40.2 Å². The van der Waals surface area contributed by atoms with Crippen molar-refractivity contribution >= 4 is 56.1 Å². The van der Waals surface area contributed by atoms with Crippen molar-refractivity contribution in [3.63, 3.8) is 0 Å². The number of nitrogens with zero attached hydrogens (tertiary/aromatic N) is 1. The van der Waals surface area contributed by atoms with Gasteiger partial charge in [0.25, 0.3) is 0 Å². The highest BCUT2D eigenvalue weighted by atomic mass is 79.9. The van der Waals surface area contributed by atoms with Gasteiger partial charge in [-0.15, -0.1) is 0 Å². The highest BCUT2D eigenvalue weighted by Crippen LogP contribution is 2.57. The van der Waals surface area contributed by atoms with E-state index in [0.29, 0.717) is 28.1 Å². The first-order chi connectivity index (χ1) is 15.8. The number of carboxylic acid groups (broad SMARTS) is 1. The van der Waals surface area contributed by atoms with Crippen LogP contribution in [-0.2, 0) is 10.9 Å². The third-order valence-corrected chi connectivity index (χ3v) is 7.03. The molecule has 1 aliphatic rings. The van der Waals surface area contributed by atoms with Crippen LogP contribution in [-0.4, -0.2) is 23.1 Å². The van der Waals surface area contributed by atoms with Gasteiger partial charge < -0.3 is 5.11 Å². The fraction of sp³-hybridized carbons (Fsp3) is 0.182. The van der Waals surface area contributed by atoms with Gasteiger partial charge in [-0.3, -0.25) is 5.32 Å². The van der Waals surface area contributed by atoms with Crippen molar-refractivity contribution in [2.24, 2.45) is 4.40 Å². The molecule has 1 heterocycles. The number of rotatable bonds is 3. The number of nitrogens with one attached hydrogen (secondary N) is 1. The Kier molecular flexibility index (Phi) is 6.09. The normalized spacial score (nSPS) is 18.7. The Morgan fingerprint density at radius 1 is 1.06 bits per heavy atom. The summed E-state index contributed by atoms with van der Waals surface area (Å²) < 4.78 is 84.0. The summed E-state index contributed by atoms with van der Waals surface area (Å²) in [4.78, 5) is 11.0. The third kappa shape index (κ3) is 4.48. The van der Waals surface area contributed by atoms with Gasteiger partial charge in [0.05, 0.1) is 17.0 Å². The molecule has 4 nitrogen and oxygen atoms in total. The van der Waals surface area contributed by atoms with Crippen molar-refractivity contribution in [2.45, 2.75) is 23.5 Å². The minimum absolute atomic E-state index is 0.0642. The van der Waals surface area contributed by atoms with Crippen molar-refractivity contribution in [1.82, 2.24) is 0 Å². The second kappa shape index (κ2) is 8.49. The first kappa shape index (κ1) is 24.4. The van der Waals surface area contributed by atoms with Crippen LogP contribution >= 0.6 is 27.9 Å². The zero-order valence-corrected chi connectivity index (χ0v) is 19.2. The van der Waals surface area contributed by atoms with Gasteiger partial charge in [-0.05, 0) is 58.8 Å². The maximum Gasteiger partial charge on any atom is 0.416 e. The SMILES string of the molecule is O=C(O)Nc1cccc2cc(C3=NSC(c4cc(Br)cc(C(F)(F)F)c4)(C(F)(F)F)C3)ccc12. The predicted molar refractivity (Wildman–Crippen MR) is 121 cm³/mol. The summed E-state index contributed by atoms with van der Waals surface area (Å²) in [5.41, 5.74) is -1.03. The molecule has 4 rings (SSSR count). The average molecular weight is 563 g/mol. The Labute approximate surface area is 201 Å². The average Bonchev–Trinajstić information content (AvgIpc) is 3.19. The van der Waals surface area contributed by atoms with E-state index in [1.807, 2.05) is 0 Å². The smallest absolute Gasteiger partial charge is 0.416 e. The Hall–Kier alpha value is -2.73. The minimum Gasteiger partial charge on any atom is -0.465 e. The summed E-state index contributed by atoms with van der Waals surface area (Å²) in [6.45, 7) is 0. The monoisotopic (exact) mass is 562 g/mol. The predicted octanol–water partition coefficient (Wildman–Crippen LogP) is 8.01. The fourth-order valence-corrected chi connectivity index (χ4v) is 5.19. The Morgan fingerprint density at radius 2 is 1.79 bits per heavy atom. The Morgan fingerprint density at radius 3 is 2.44 bits per heavy atom. The van der Waals surface area contributed by atoms with E-state index in [1.54, 1.807) is 30.3 Å². The van der Waals surface area contributed by atoms with E-state index >= 15 is 0 Å². The number of anilines is 1. The third-order valence-electron chi connectivity index (χ3n) is 5.33. The molecule has 3 aromatic rings. The topological polar surface area (TPSA) is 61.7 Å². The number of hydrogen-bond donors (Lipinski definition) is 2. The van der Waals surface area contributed by atoms with Gasteiger partial charge in [0, 0.05) is 16.3 Å². The van der Waals surface area contributed by atoms with Crippen molar-refractivity contribution in [3.8, 4) is 0 Å². The quantitative estimate of drug-likeness (QED) is 0.251. The molecular formula is C22H13BrF6N2O2S. The van der Waals surface area contributed by atoms with Crippen LogP contribution in [0.15, 0.2) is 63.5 Å². The summed E-state index contributed by atoms with van der Waals surface area (Å²) in [7, 11) is 0. The molecule has 178 valence electrons. The number of benzene rings is 3. The highest BCUT2D eigenvalue weighted by Gasteiger charge is 2.60. The van der Waals surface area contributed by atoms with E-state index in [-0.39, 0.29) is 22.1 Å². The number of fused-ring (bicyclic) bond motifs is 1. The lowest BCUT2D eigenvalue weighted by molar-refractivity contribution is -0.160. The molecule has 0 saturated heterocycles.